The molecule has 0 aliphatic heterocycles. The van der Waals surface area contributed by atoms with Crippen molar-refractivity contribution in [1.82, 2.24) is 4.90 Å². The quantitative estimate of drug-likeness (QED) is 0.598. The number of nitrogens with zero attached hydrogens (tertiary/aromatic N) is 1. The van der Waals surface area contributed by atoms with Crippen molar-refractivity contribution in [1.29, 1.82) is 0 Å². The van der Waals surface area contributed by atoms with E-state index in [2.05, 4.69) is 10.6 Å². The SMILES string of the molecule is CCN(CC(=O)Nc1c(Cl)cccc1Cl)C(C)C(=O)Nc1ccc(C(C)=O)cc1. The molecule has 2 rings (SSSR count). The van der Waals surface area contributed by atoms with E-state index in [9.17, 15) is 14.4 Å². The van der Waals surface area contributed by atoms with E-state index in [1.807, 2.05) is 6.92 Å². The molecule has 0 aromatic heterocycles. The summed E-state index contributed by atoms with van der Waals surface area (Å²) in [4.78, 5) is 38.1. The van der Waals surface area contributed by atoms with Crippen molar-refractivity contribution in [3.05, 3.63) is 58.1 Å². The predicted octanol–water partition coefficient (Wildman–Crippen LogP) is 4.48. The summed E-state index contributed by atoms with van der Waals surface area (Å²) in [5.74, 6) is -0.628. The van der Waals surface area contributed by atoms with Gasteiger partial charge in [-0.3, -0.25) is 19.3 Å². The number of amides is 2. The van der Waals surface area contributed by atoms with E-state index >= 15 is 0 Å². The molecule has 8 heteroatoms. The number of halogens is 2. The number of Topliss-reactive ketones (excluding diaryl/α,β-unsaturated/α-hetero) is 1. The van der Waals surface area contributed by atoms with Crippen LogP contribution in [0.5, 0.6) is 0 Å². The highest BCUT2D eigenvalue weighted by atomic mass is 35.5. The highest BCUT2D eigenvalue weighted by Crippen LogP contribution is 2.29. The molecule has 0 radical (unpaired) electrons. The summed E-state index contributed by atoms with van der Waals surface area (Å²) < 4.78 is 0. The zero-order chi connectivity index (χ0) is 21.6. The lowest BCUT2D eigenvalue weighted by Crippen LogP contribution is -2.45. The number of rotatable bonds is 8. The largest absolute Gasteiger partial charge is 0.325 e. The Hall–Kier alpha value is -2.41. The Balaban J connectivity index is 1.99. The molecule has 0 heterocycles. The van der Waals surface area contributed by atoms with Crippen molar-refractivity contribution < 1.29 is 14.4 Å². The Labute approximate surface area is 180 Å². The van der Waals surface area contributed by atoms with Gasteiger partial charge in [-0.05, 0) is 56.8 Å². The number of benzene rings is 2. The standard InChI is InChI=1S/C21H23Cl2N3O3/c1-4-26(12-19(28)25-20-17(22)6-5-7-18(20)23)13(2)21(29)24-16-10-8-15(9-11-16)14(3)27/h5-11,13H,4,12H2,1-3H3,(H,24,29)(H,25,28). The summed E-state index contributed by atoms with van der Waals surface area (Å²) in [6.07, 6.45) is 0. The van der Waals surface area contributed by atoms with Gasteiger partial charge >= 0.3 is 0 Å². The van der Waals surface area contributed by atoms with E-state index in [1.165, 1.54) is 6.92 Å². The van der Waals surface area contributed by atoms with Crippen LogP contribution in [-0.4, -0.2) is 41.6 Å². The van der Waals surface area contributed by atoms with Gasteiger partial charge in [-0.1, -0.05) is 36.2 Å². The van der Waals surface area contributed by atoms with Crippen LogP contribution < -0.4 is 10.6 Å². The first kappa shape index (κ1) is 22.9. The third-order valence-electron chi connectivity index (χ3n) is 4.47. The Morgan fingerprint density at radius 3 is 2.10 bits per heavy atom. The number of anilines is 2. The van der Waals surface area contributed by atoms with Crippen molar-refractivity contribution in [3.63, 3.8) is 0 Å². The van der Waals surface area contributed by atoms with Crippen LogP contribution in [0, 0.1) is 0 Å². The van der Waals surface area contributed by atoms with Crippen molar-refractivity contribution in [2.45, 2.75) is 26.8 Å². The molecule has 1 atom stereocenters. The van der Waals surface area contributed by atoms with E-state index in [1.54, 1.807) is 54.3 Å². The van der Waals surface area contributed by atoms with E-state index in [0.717, 1.165) is 0 Å². The molecule has 2 aromatic carbocycles. The molecule has 0 saturated heterocycles. The zero-order valence-corrected chi connectivity index (χ0v) is 18.0. The van der Waals surface area contributed by atoms with Gasteiger partial charge in [0.15, 0.2) is 5.78 Å². The molecule has 154 valence electrons. The summed E-state index contributed by atoms with van der Waals surface area (Å²) in [6, 6.07) is 11.0. The second-order valence-electron chi connectivity index (χ2n) is 6.51. The number of carbonyl (C=O) groups is 3. The number of hydrogen-bond acceptors (Lipinski definition) is 4. The van der Waals surface area contributed by atoms with E-state index in [4.69, 9.17) is 23.2 Å². The normalized spacial score (nSPS) is 11.8. The van der Waals surface area contributed by atoms with Gasteiger partial charge in [0, 0.05) is 11.3 Å². The minimum Gasteiger partial charge on any atom is -0.325 e. The van der Waals surface area contributed by atoms with Crippen molar-refractivity contribution in [3.8, 4) is 0 Å². The molecule has 0 aliphatic rings. The second-order valence-corrected chi connectivity index (χ2v) is 7.32. The smallest absolute Gasteiger partial charge is 0.241 e. The molecular formula is C21H23Cl2N3O3. The minimum absolute atomic E-state index is 0.00405. The fourth-order valence-corrected chi connectivity index (χ4v) is 3.20. The first-order chi connectivity index (χ1) is 13.7. The van der Waals surface area contributed by atoms with Crippen molar-refractivity contribution in [2.75, 3.05) is 23.7 Å². The van der Waals surface area contributed by atoms with Gasteiger partial charge in [-0.2, -0.15) is 0 Å². The fourth-order valence-electron chi connectivity index (χ4n) is 2.70. The average molecular weight is 436 g/mol. The Morgan fingerprint density at radius 1 is 1.00 bits per heavy atom. The van der Waals surface area contributed by atoms with Crippen LogP contribution >= 0.6 is 23.2 Å². The van der Waals surface area contributed by atoms with Crippen LogP contribution in [0.2, 0.25) is 10.0 Å². The molecule has 0 saturated carbocycles. The number of nitrogens with one attached hydrogen (secondary N) is 2. The van der Waals surface area contributed by atoms with Crippen molar-refractivity contribution in [2.24, 2.45) is 0 Å². The highest BCUT2D eigenvalue weighted by molar-refractivity contribution is 6.39. The number of carbonyl (C=O) groups excluding carboxylic acids is 3. The van der Waals surface area contributed by atoms with Gasteiger partial charge in [-0.15, -0.1) is 0 Å². The summed E-state index contributed by atoms with van der Waals surface area (Å²) >= 11 is 12.2. The molecule has 2 amide bonds. The molecule has 0 fully saturated rings. The number of hydrogen-bond donors (Lipinski definition) is 2. The lowest BCUT2D eigenvalue weighted by atomic mass is 10.1. The van der Waals surface area contributed by atoms with E-state index < -0.39 is 6.04 Å². The number of ketones is 1. The van der Waals surface area contributed by atoms with Crippen molar-refractivity contribution >= 4 is 52.2 Å². The maximum atomic E-state index is 12.6. The molecule has 2 aromatic rings. The predicted molar refractivity (Wildman–Crippen MR) is 117 cm³/mol. The highest BCUT2D eigenvalue weighted by Gasteiger charge is 2.23. The minimum atomic E-state index is -0.556. The summed E-state index contributed by atoms with van der Waals surface area (Å²) in [5.41, 5.74) is 1.50. The van der Waals surface area contributed by atoms with Gasteiger partial charge in [0.05, 0.1) is 28.3 Å². The molecule has 6 nitrogen and oxygen atoms in total. The lowest BCUT2D eigenvalue weighted by Gasteiger charge is -2.26. The molecule has 0 aliphatic carbocycles. The van der Waals surface area contributed by atoms with Gasteiger partial charge in [0.25, 0.3) is 0 Å². The maximum Gasteiger partial charge on any atom is 0.241 e. The molecule has 2 N–H and O–H groups in total. The third-order valence-corrected chi connectivity index (χ3v) is 5.10. The summed E-state index contributed by atoms with van der Waals surface area (Å²) in [7, 11) is 0. The Kier molecular flexibility index (Phi) is 8.20. The summed E-state index contributed by atoms with van der Waals surface area (Å²) in [6.45, 7) is 5.55. The van der Waals surface area contributed by atoms with Crippen LogP contribution in [0.4, 0.5) is 11.4 Å². The van der Waals surface area contributed by atoms with E-state index in [-0.39, 0.29) is 24.1 Å². The van der Waals surface area contributed by atoms with Crippen LogP contribution in [-0.2, 0) is 9.59 Å². The third kappa shape index (κ3) is 6.29. The molecular weight excluding hydrogens is 413 g/mol. The first-order valence-corrected chi connectivity index (χ1v) is 9.88. The molecule has 0 spiro atoms. The topological polar surface area (TPSA) is 78.5 Å². The number of para-hydroxylation sites is 1. The van der Waals surface area contributed by atoms with E-state index in [0.29, 0.717) is 33.5 Å². The summed E-state index contributed by atoms with van der Waals surface area (Å²) in [5, 5.41) is 6.18. The second kappa shape index (κ2) is 10.4. The van der Waals surface area contributed by atoms with Crippen LogP contribution in [0.25, 0.3) is 0 Å². The molecule has 29 heavy (non-hydrogen) atoms. The fraction of sp³-hybridized carbons (Fsp3) is 0.286. The zero-order valence-electron chi connectivity index (χ0n) is 16.5. The molecule has 1 unspecified atom stereocenters. The lowest BCUT2D eigenvalue weighted by molar-refractivity contribution is -0.123. The number of likely N-dealkylation sites (N-methyl/N-ethyl adjacent to an activating group) is 1. The van der Waals surface area contributed by atoms with Crippen LogP contribution in [0.15, 0.2) is 42.5 Å². The van der Waals surface area contributed by atoms with Gasteiger partial charge in [-0.25, -0.2) is 0 Å². The van der Waals surface area contributed by atoms with Crippen LogP contribution in [0.1, 0.15) is 31.1 Å². The molecule has 0 bridgehead atoms. The van der Waals surface area contributed by atoms with Gasteiger partial charge in [0.2, 0.25) is 11.8 Å². The average Bonchev–Trinajstić information content (AvgIpc) is 2.69. The first-order valence-electron chi connectivity index (χ1n) is 9.12. The monoisotopic (exact) mass is 435 g/mol. The van der Waals surface area contributed by atoms with Gasteiger partial charge < -0.3 is 10.6 Å². The maximum absolute atomic E-state index is 12.6. The van der Waals surface area contributed by atoms with Gasteiger partial charge in [0.1, 0.15) is 0 Å². The van der Waals surface area contributed by atoms with Crippen LogP contribution in [0.3, 0.4) is 0 Å². The Morgan fingerprint density at radius 2 is 1.59 bits per heavy atom. The Bertz CT molecular complexity index is 880.